The highest BCUT2D eigenvalue weighted by atomic mass is 19.1. The van der Waals surface area contributed by atoms with Crippen LogP contribution in [-0.4, -0.2) is 16.6 Å². The first-order valence-electron chi connectivity index (χ1n) is 5.20. The fourth-order valence-electron chi connectivity index (χ4n) is 1.42. The van der Waals surface area contributed by atoms with Crippen LogP contribution in [0, 0.1) is 5.82 Å². The minimum atomic E-state index is -1.14. The predicted octanol–water partition coefficient (Wildman–Crippen LogP) is 2.13. The van der Waals surface area contributed by atoms with Gasteiger partial charge in [-0.05, 0) is 31.2 Å². The van der Waals surface area contributed by atoms with E-state index in [9.17, 15) is 9.50 Å². The number of hydrogen-bond acceptors (Lipinski definition) is 4. The number of hydrogen-bond donors (Lipinski definition) is 2. The van der Waals surface area contributed by atoms with Crippen molar-refractivity contribution in [1.29, 1.82) is 0 Å². The minimum absolute atomic E-state index is 0.221. The van der Waals surface area contributed by atoms with Gasteiger partial charge in [-0.25, -0.2) is 9.37 Å². The Morgan fingerprint density at radius 1 is 1.47 bits per heavy atom. The molecule has 0 aliphatic heterocycles. The van der Waals surface area contributed by atoms with Gasteiger partial charge in [-0.3, -0.25) is 0 Å². The molecule has 4 nitrogen and oxygen atoms in total. The Kier molecular flexibility index (Phi) is 3.10. The normalized spacial score (nSPS) is 14.3. The maximum atomic E-state index is 12.6. The number of anilines is 1. The van der Waals surface area contributed by atoms with Crippen molar-refractivity contribution in [2.45, 2.75) is 12.5 Å². The lowest BCUT2D eigenvalue weighted by Crippen LogP contribution is -2.30. The molecule has 0 spiro atoms. The third-order valence-electron chi connectivity index (χ3n) is 2.39. The molecule has 0 bridgehead atoms. The van der Waals surface area contributed by atoms with E-state index in [0.717, 1.165) is 6.20 Å². The summed E-state index contributed by atoms with van der Waals surface area (Å²) >= 11 is 0. The molecule has 1 atom stereocenters. The van der Waals surface area contributed by atoms with Gasteiger partial charge in [-0.2, -0.15) is 0 Å². The lowest BCUT2D eigenvalue weighted by Gasteiger charge is -2.21. The van der Waals surface area contributed by atoms with E-state index in [2.05, 4.69) is 10.3 Å². The molecular weight excluding hydrogens is 223 g/mol. The van der Waals surface area contributed by atoms with E-state index < -0.39 is 11.4 Å². The summed E-state index contributed by atoms with van der Waals surface area (Å²) in [6.07, 6.45) is 2.61. The van der Waals surface area contributed by atoms with Crippen molar-refractivity contribution >= 4 is 5.82 Å². The molecule has 2 rings (SSSR count). The van der Waals surface area contributed by atoms with Crippen LogP contribution >= 0.6 is 0 Å². The molecule has 90 valence electrons. The SMILES string of the molecule is CC(O)(CNc1ccc(F)cn1)c1ccco1. The summed E-state index contributed by atoms with van der Waals surface area (Å²) in [5, 5.41) is 13.0. The van der Waals surface area contributed by atoms with E-state index in [4.69, 9.17) is 4.42 Å². The van der Waals surface area contributed by atoms with E-state index in [1.54, 1.807) is 19.1 Å². The zero-order chi connectivity index (χ0) is 12.3. The highest BCUT2D eigenvalue weighted by molar-refractivity contribution is 5.34. The molecule has 0 saturated carbocycles. The van der Waals surface area contributed by atoms with Crippen molar-refractivity contribution in [3.8, 4) is 0 Å². The van der Waals surface area contributed by atoms with E-state index in [-0.39, 0.29) is 6.54 Å². The third kappa shape index (κ3) is 2.82. The molecule has 0 aliphatic carbocycles. The van der Waals surface area contributed by atoms with Crippen molar-refractivity contribution in [1.82, 2.24) is 4.98 Å². The zero-order valence-electron chi connectivity index (χ0n) is 9.35. The first kappa shape index (κ1) is 11.6. The molecule has 1 unspecified atom stereocenters. The number of rotatable bonds is 4. The van der Waals surface area contributed by atoms with Gasteiger partial charge in [0.15, 0.2) is 0 Å². The van der Waals surface area contributed by atoms with Crippen LogP contribution in [0.2, 0.25) is 0 Å². The van der Waals surface area contributed by atoms with Gasteiger partial charge in [-0.1, -0.05) is 0 Å². The van der Waals surface area contributed by atoms with Crippen molar-refractivity contribution in [3.05, 3.63) is 48.3 Å². The van der Waals surface area contributed by atoms with Crippen LogP contribution in [0.5, 0.6) is 0 Å². The van der Waals surface area contributed by atoms with Crippen molar-refractivity contribution in [2.24, 2.45) is 0 Å². The monoisotopic (exact) mass is 236 g/mol. The summed E-state index contributed by atoms with van der Waals surface area (Å²) in [5.74, 6) is 0.568. The molecule has 0 radical (unpaired) electrons. The van der Waals surface area contributed by atoms with E-state index in [1.807, 2.05) is 0 Å². The summed E-state index contributed by atoms with van der Waals surface area (Å²) < 4.78 is 17.8. The molecule has 0 saturated heterocycles. The summed E-state index contributed by atoms with van der Waals surface area (Å²) in [6, 6.07) is 6.21. The first-order valence-corrected chi connectivity index (χ1v) is 5.20. The summed E-state index contributed by atoms with van der Waals surface area (Å²) in [7, 11) is 0. The summed E-state index contributed by atoms with van der Waals surface area (Å²) in [6.45, 7) is 1.85. The van der Waals surface area contributed by atoms with Gasteiger partial charge in [0.05, 0.1) is 19.0 Å². The second-order valence-corrected chi connectivity index (χ2v) is 3.97. The number of pyridine rings is 1. The second kappa shape index (κ2) is 4.55. The minimum Gasteiger partial charge on any atom is -0.466 e. The Labute approximate surface area is 98.1 Å². The average Bonchev–Trinajstić information content (AvgIpc) is 2.82. The number of nitrogens with zero attached hydrogens (tertiary/aromatic N) is 1. The Hall–Kier alpha value is -1.88. The first-order chi connectivity index (χ1) is 8.08. The van der Waals surface area contributed by atoms with Gasteiger partial charge in [0.2, 0.25) is 0 Å². The van der Waals surface area contributed by atoms with E-state index in [0.29, 0.717) is 11.6 Å². The van der Waals surface area contributed by atoms with E-state index in [1.165, 1.54) is 18.4 Å². The highest BCUT2D eigenvalue weighted by Crippen LogP contribution is 2.21. The van der Waals surface area contributed by atoms with Crippen LogP contribution in [0.15, 0.2) is 41.1 Å². The lowest BCUT2D eigenvalue weighted by atomic mass is 10.0. The van der Waals surface area contributed by atoms with Crippen molar-refractivity contribution in [2.75, 3.05) is 11.9 Å². The average molecular weight is 236 g/mol. The van der Waals surface area contributed by atoms with E-state index >= 15 is 0 Å². The lowest BCUT2D eigenvalue weighted by molar-refractivity contribution is 0.0476. The Morgan fingerprint density at radius 3 is 2.88 bits per heavy atom. The molecule has 0 fully saturated rings. The molecule has 5 heteroatoms. The zero-order valence-corrected chi connectivity index (χ0v) is 9.35. The number of furan rings is 1. The molecule has 2 aromatic heterocycles. The molecule has 0 aromatic carbocycles. The van der Waals surface area contributed by atoms with Crippen LogP contribution in [0.4, 0.5) is 10.2 Å². The number of aromatic nitrogens is 1. The van der Waals surface area contributed by atoms with Gasteiger partial charge in [0.1, 0.15) is 23.0 Å². The fourth-order valence-corrected chi connectivity index (χ4v) is 1.42. The summed E-state index contributed by atoms with van der Waals surface area (Å²) in [4.78, 5) is 3.83. The van der Waals surface area contributed by atoms with Crippen molar-refractivity contribution in [3.63, 3.8) is 0 Å². The maximum Gasteiger partial charge on any atom is 0.141 e. The number of nitrogens with one attached hydrogen (secondary N) is 1. The van der Waals surface area contributed by atoms with Crippen LogP contribution in [-0.2, 0) is 5.60 Å². The van der Waals surface area contributed by atoms with Crippen LogP contribution in [0.1, 0.15) is 12.7 Å². The van der Waals surface area contributed by atoms with Gasteiger partial charge >= 0.3 is 0 Å². The quantitative estimate of drug-likeness (QED) is 0.853. The molecule has 2 aromatic rings. The highest BCUT2D eigenvalue weighted by Gasteiger charge is 2.25. The van der Waals surface area contributed by atoms with Gasteiger partial charge in [0, 0.05) is 0 Å². The maximum absolute atomic E-state index is 12.6. The Bertz CT molecular complexity index is 466. The van der Waals surface area contributed by atoms with Crippen molar-refractivity contribution < 1.29 is 13.9 Å². The van der Waals surface area contributed by atoms with Crippen LogP contribution < -0.4 is 5.32 Å². The standard InChI is InChI=1S/C12H13FN2O2/c1-12(16,10-3-2-6-17-10)8-15-11-5-4-9(13)7-14-11/h2-7,16H,8H2,1H3,(H,14,15). The fraction of sp³-hybridized carbons (Fsp3) is 0.250. The third-order valence-corrected chi connectivity index (χ3v) is 2.39. The largest absolute Gasteiger partial charge is 0.466 e. The Morgan fingerprint density at radius 2 is 2.29 bits per heavy atom. The number of halogens is 1. The predicted molar refractivity (Wildman–Crippen MR) is 61.0 cm³/mol. The van der Waals surface area contributed by atoms with Gasteiger partial charge < -0.3 is 14.8 Å². The van der Waals surface area contributed by atoms with Gasteiger partial charge in [0.25, 0.3) is 0 Å². The Balaban J connectivity index is 2.00. The smallest absolute Gasteiger partial charge is 0.141 e. The second-order valence-electron chi connectivity index (χ2n) is 3.97. The molecule has 2 heterocycles. The molecule has 2 N–H and O–H groups in total. The van der Waals surface area contributed by atoms with Gasteiger partial charge in [-0.15, -0.1) is 0 Å². The molecule has 17 heavy (non-hydrogen) atoms. The molecular formula is C12H13FN2O2. The number of aliphatic hydroxyl groups is 1. The summed E-state index contributed by atoms with van der Waals surface area (Å²) in [5.41, 5.74) is -1.14. The van der Waals surface area contributed by atoms with Crippen LogP contribution in [0.25, 0.3) is 0 Å². The topological polar surface area (TPSA) is 58.3 Å². The van der Waals surface area contributed by atoms with Crippen LogP contribution in [0.3, 0.4) is 0 Å². The molecule has 0 amide bonds. The molecule has 0 aliphatic rings.